The molecular weight excluding hydrogens is 475 g/mol. The number of ether oxygens (including phenoxy) is 2. The van der Waals surface area contributed by atoms with Gasteiger partial charge in [0, 0.05) is 37.0 Å². The predicted octanol–water partition coefficient (Wildman–Crippen LogP) is 4.01. The Morgan fingerprint density at radius 3 is 2.46 bits per heavy atom. The molecule has 1 heterocycles. The van der Waals surface area contributed by atoms with Gasteiger partial charge >= 0.3 is 6.09 Å². The summed E-state index contributed by atoms with van der Waals surface area (Å²) in [7, 11) is -3.54. The lowest BCUT2D eigenvalue weighted by Gasteiger charge is -2.30. The van der Waals surface area contributed by atoms with Crippen LogP contribution in [0.3, 0.4) is 0 Å². The minimum absolute atomic E-state index is 0.00898. The highest BCUT2D eigenvalue weighted by molar-refractivity contribution is 7.91. The lowest BCUT2D eigenvalue weighted by molar-refractivity contribution is -0.134. The monoisotopic (exact) mass is 510 g/mol. The summed E-state index contributed by atoms with van der Waals surface area (Å²) in [5.74, 6) is 0.500. The Bertz CT molecular complexity index is 1040. The molecule has 1 saturated heterocycles. The average molecular weight is 511 g/mol. The number of nitrogens with one attached hydrogen (secondary N) is 1. The van der Waals surface area contributed by atoms with Crippen LogP contribution in [0.4, 0.5) is 9.18 Å². The molecule has 2 fully saturated rings. The van der Waals surface area contributed by atoms with Gasteiger partial charge in [0.05, 0.1) is 17.0 Å². The van der Waals surface area contributed by atoms with Crippen molar-refractivity contribution in [3.05, 3.63) is 36.2 Å². The number of alkyl carbamates (subject to hydrolysis) is 1. The van der Waals surface area contributed by atoms with Crippen LogP contribution >= 0.6 is 0 Å². The van der Waals surface area contributed by atoms with Crippen molar-refractivity contribution in [2.45, 2.75) is 63.4 Å². The van der Waals surface area contributed by atoms with Crippen molar-refractivity contribution in [2.75, 3.05) is 32.0 Å². The van der Waals surface area contributed by atoms with Crippen LogP contribution in [0.5, 0.6) is 5.75 Å². The molecule has 2 aliphatic rings. The fourth-order valence-electron chi connectivity index (χ4n) is 3.99. The Hall–Kier alpha value is -2.62. The first-order chi connectivity index (χ1) is 16.4. The zero-order valence-electron chi connectivity index (χ0n) is 20.6. The van der Waals surface area contributed by atoms with Gasteiger partial charge in [0.2, 0.25) is 5.91 Å². The third-order valence-electron chi connectivity index (χ3n) is 6.02. The van der Waals surface area contributed by atoms with Crippen molar-refractivity contribution in [1.82, 2.24) is 10.2 Å². The summed E-state index contributed by atoms with van der Waals surface area (Å²) in [6, 6.07) is 6.00. The number of amides is 2. The summed E-state index contributed by atoms with van der Waals surface area (Å²) in [5, 5.41) is 2.46. The van der Waals surface area contributed by atoms with Crippen molar-refractivity contribution in [3.63, 3.8) is 0 Å². The number of hydrogen-bond acceptors (Lipinski definition) is 6. The second-order valence-electron chi connectivity index (χ2n) is 10.4. The van der Waals surface area contributed by atoms with E-state index in [2.05, 4.69) is 5.32 Å². The molecule has 0 spiro atoms. The minimum atomic E-state index is -3.54. The molecule has 1 aliphatic heterocycles. The number of hydrogen-bond donors (Lipinski definition) is 1. The van der Waals surface area contributed by atoms with Gasteiger partial charge in [-0.2, -0.15) is 0 Å². The van der Waals surface area contributed by atoms with E-state index in [1.807, 2.05) is 4.90 Å². The van der Waals surface area contributed by atoms with Crippen molar-refractivity contribution >= 4 is 21.8 Å². The fourth-order valence-corrected chi connectivity index (χ4v) is 5.89. The van der Waals surface area contributed by atoms with E-state index in [0.29, 0.717) is 31.6 Å². The van der Waals surface area contributed by atoms with Crippen LogP contribution in [0.25, 0.3) is 0 Å². The Morgan fingerprint density at radius 2 is 1.89 bits per heavy atom. The zero-order chi connectivity index (χ0) is 25.7. The van der Waals surface area contributed by atoms with Crippen molar-refractivity contribution in [1.29, 1.82) is 0 Å². The van der Waals surface area contributed by atoms with Crippen molar-refractivity contribution in [2.24, 2.45) is 5.41 Å². The second-order valence-corrected chi connectivity index (χ2v) is 12.4. The molecule has 0 unspecified atom stereocenters. The maximum atomic E-state index is 13.2. The van der Waals surface area contributed by atoms with Crippen LogP contribution < -0.4 is 10.1 Å². The highest BCUT2D eigenvalue weighted by Crippen LogP contribution is 2.48. The third-order valence-corrected chi connectivity index (χ3v) is 8.00. The Labute approximate surface area is 206 Å². The quantitative estimate of drug-likeness (QED) is 0.510. The maximum Gasteiger partial charge on any atom is 0.407 e. The largest absolute Gasteiger partial charge is 0.489 e. The number of halogens is 1. The molecule has 0 bridgehead atoms. The molecule has 10 heteroatoms. The van der Waals surface area contributed by atoms with Gasteiger partial charge in [-0.15, -0.1) is 0 Å². The fraction of sp³-hybridized carbons (Fsp3) is 0.600. The van der Waals surface area contributed by atoms with E-state index in [0.717, 1.165) is 25.7 Å². The summed E-state index contributed by atoms with van der Waals surface area (Å²) in [6.45, 7) is 6.19. The molecule has 3 rings (SSSR count). The predicted molar refractivity (Wildman–Crippen MR) is 130 cm³/mol. The second kappa shape index (κ2) is 11.0. The third kappa shape index (κ3) is 8.23. The summed E-state index contributed by atoms with van der Waals surface area (Å²) >= 11 is 0. The zero-order valence-corrected chi connectivity index (χ0v) is 21.5. The number of piperidine rings is 1. The van der Waals surface area contributed by atoms with Gasteiger partial charge in [0.25, 0.3) is 0 Å². The summed E-state index contributed by atoms with van der Waals surface area (Å²) in [5.41, 5.74) is -0.828. The molecule has 194 valence electrons. The van der Waals surface area contributed by atoms with Gasteiger partial charge in [-0.3, -0.25) is 4.79 Å². The van der Waals surface area contributed by atoms with Crippen molar-refractivity contribution < 1.29 is 31.9 Å². The first-order valence-electron chi connectivity index (χ1n) is 11.9. The maximum absolute atomic E-state index is 13.2. The van der Waals surface area contributed by atoms with E-state index in [4.69, 9.17) is 9.47 Å². The Balaban J connectivity index is 1.51. The summed E-state index contributed by atoms with van der Waals surface area (Å²) in [4.78, 5) is 25.9. The normalized spacial score (nSPS) is 18.2. The van der Waals surface area contributed by atoms with Gasteiger partial charge in [-0.05, 0) is 70.7 Å². The first kappa shape index (κ1) is 27.0. The minimum Gasteiger partial charge on any atom is -0.489 e. The van der Waals surface area contributed by atoms with Gasteiger partial charge in [0.1, 0.15) is 18.0 Å². The molecule has 1 aliphatic carbocycles. The molecule has 1 aromatic carbocycles. The highest BCUT2D eigenvalue weighted by atomic mass is 32.2. The Kier molecular flexibility index (Phi) is 8.46. The van der Waals surface area contributed by atoms with Crippen LogP contribution in [-0.2, 0) is 19.4 Å². The number of likely N-dealkylation sites (tertiary alicyclic amines) is 1. The Morgan fingerprint density at radius 1 is 1.20 bits per heavy atom. The lowest BCUT2D eigenvalue weighted by atomic mass is 10.1. The van der Waals surface area contributed by atoms with Gasteiger partial charge in [-0.25, -0.2) is 17.6 Å². The topological polar surface area (TPSA) is 102 Å². The molecular formula is C25H35FN2O6S. The van der Waals surface area contributed by atoms with E-state index in [-0.39, 0.29) is 40.7 Å². The molecule has 0 aromatic heterocycles. The van der Waals surface area contributed by atoms with E-state index in [1.165, 1.54) is 24.3 Å². The molecule has 1 saturated carbocycles. The van der Waals surface area contributed by atoms with Crippen LogP contribution in [0.15, 0.2) is 41.1 Å². The standard InChI is InChI=1S/C25H35FN2O6S/c1-24(2,3)34-23(30)27-15-19(14-26)16-33-20-7-9-21(10-8-20)35(31,32)18-25(11-12-25)17-28-13-5-4-6-22(28)29/h7-10,14H,4-6,11-13,15-18H2,1-3H3,(H,27,30)/b19-14+. The van der Waals surface area contributed by atoms with Crippen LogP contribution in [-0.4, -0.2) is 62.9 Å². The molecule has 35 heavy (non-hydrogen) atoms. The molecule has 0 radical (unpaired) electrons. The number of carbonyl (C=O) groups is 2. The van der Waals surface area contributed by atoms with Gasteiger partial charge < -0.3 is 19.7 Å². The average Bonchev–Trinajstić information content (AvgIpc) is 3.52. The molecule has 0 atom stereocenters. The van der Waals surface area contributed by atoms with Crippen molar-refractivity contribution in [3.8, 4) is 5.75 Å². The molecule has 2 amide bonds. The van der Waals surface area contributed by atoms with E-state index < -0.39 is 21.5 Å². The van der Waals surface area contributed by atoms with Gasteiger partial charge in [0.15, 0.2) is 9.84 Å². The number of sulfone groups is 1. The van der Waals surface area contributed by atoms with E-state index >= 15 is 0 Å². The van der Waals surface area contributed by atoms with E-state index in [9.17, 15) is 22.4 Å². The summed E-state index contributed by atoms with van der Waals surface area (Å²) in [6.07, 6.45) is 3.70. The smallest absolute Gasteiger partial charge is 0.407 e. The summed E-state index contributed by atoms with van der Waals surface area (Å²) < 4.78 is 49.9. The molecule has 8 nitrogen and oxygen atoms in total. The number of nitrogens with zero attached hydrogens (tertiary/aromatic N) is 1. The highest BCUT2D eigenvalue weighted by Gasteiger charge is 2.48. The lowest BCUT2D eigenvalue weighted by Crippen LogP contribution is -2.41. The molecule has 1 N–H and O–H groups in total. The number of rotatable bonds is 10. The van der Waals surface area contributed by atoms with Gasteiger partial charge in [-0.1, -0.05) is 0 Å². The van der Waals surface area contributed by atoms with Crippen LogP contribution in [0.2, 0.25) is 0 Å². The SMILES string of the molecule is CC(C)(C)OC(=O)NC/C(=C\F)COc1ccc(S(=O)(=O)CC2(CN3CCCCC3=O)CC2)cc1. The number of carbonyl (C=O) groups excluding carboxylic acids is 2. The van der Waals surface area contributed by atoms with E-state index in [1.54, 1.807) is 20.8 Å². The number of benzene rings is 1. The van der Waals surface area contributed by atoms with Crippen LogP contribution in [0, 0.1) is 5.41 Å². The first-order valence-corrected chi connectivity index (χ1v) is 13.6. The van der Waals surface area contributed by atoms with Crippen LogP contribution in [0.1, 0.15) is 52.9 Å². The molecule has 1 aromatic rings.